The third-order valence-corrected chi connectivity index (χ3v) is 3.02. The highest BCUT2D eigenvalue weighted by Gasteiger charge is 2.13. The van der Waals surface area contributed by atoms with Crippen LogP contribution in [-0.2, 0) is 0 Å². The summed E-state index contributed by atoms with van der Waals surface area (Å²) in [5, 5.41) is 19.5. The minimum atomic E-state index is 0.261. The molecule has 0 saturated carbocycles. The maximum Gasteiger partial charge on any atom is 0.123 e. The van der Waals surface area contributed by atoms with E-state index in [1.165, 1.54) is 0 Å². The van der Waals surface area contributed by atoms with Crippen molar-refractivity contribution in [3.05, 3.63) is 47.0 Å². The second-order valence-electron chi connectivity index (χ2n) is 4.42. The lowest BCUT2D eigenvalue weighted by molar-refractivity contribution is 0.473. The van der Waals surface area contributed by atoms with Crippen LogP contribution in [-0.4, -0.2) is 10.2 Å². The first-order valence-corrected chi connectivity index (χ1v) is 5.60. The Labute approximate surface area is 101 Å². The number of aromatic hydroxyl groups is 2. The van der Waals surface area contributed by atoms with Gasteiger partial charge < -0.3 is 10.2 Å². The Morgan fingerprint density at radius 1 is 0.765 bits per heavy atom. The van der Waals surface area contributed by atoms with Gasteiger partial charge in [0, 0.05) is 5.56 Å². The second kappa shape index (κ2) is 4.13. The minimum absolute atomic E-state index is 0.261. The van der Waals surface area contributed by atoms with E-state index in [2.05, 4.69) is 0 Å². The zero-order valence-corrected chi connectivity index (χ0v) is 10.3. The average molecular weight is 228 g/mol. The molecule has 88 valence electrons. The molecule has 0 unspecified atom stereocenters. The Bertz CT molecular complexity index is 528. The van der Waals surface area contributed by atoms with Crippen molar-refractivity contribution in [2.45, 2.75) is 20.8 Å². The van der Waals surface area contributed by atoms with E-state index in [1.807, 2.05) is 32.9 Å². The fourth-order valence-electron chi connectivity index (χ4n) is 2.31. The summed E-state index contributed by atoms with van der Waals surface area (Å²) in [6.07, 6.45) is 0. The number of phenolic OH excluding ortho intramolecular Hbond substituents is 2. The monoisotopic (exact) mass is 228 g/mol. The van der Waals surface area contributed by atoms with E-state index < -0.39 is 0 Å². The number of phenols is 2. The molecule has 0 aliphatic rings. The van der Waals surface area contributed by atoms with Crippen molar-refractivity contribution in [1.82, 2.24) is 0 Å². The van der Waals surface area contributed by atoms with Crippen molar-refractivity contribution < 1.29 is 10.2 Å². The van der Waals surface area contributed by atoms with E-state index in [0.717, 1.165) is 27.8 Å². The van der Waals surface area contributed by atoms with Crippen LogP contribution >= 0.6 is 0 Å². The lowest BCUT2D eigenvalue weighted by Crippen LogP contribution is -1.91. The normalized spacial score (nSPS) is 10.5. The van der Waals surface area contributed by atoms with Crippen molar-refractivity contribution in [3.63, 3.8) is 0 Å². The van der Waals surface area contributed by atoms with Crippen LogP contribution in [0.25, 0.3) is 11.1 Å². The highest BCUT2D eigenvalue weighted by molar-refractivity contribution is 5.79. The second-order valence-corrected chi connectivity index (χ2v) is 4.42. The molecule has 0 saturated heterocycles. The minimum Gasteiger partial charge on any atom is -0.508 e. The third-order valence-electron chi connectivity index (χ3n) is 3.02. The fourth-order valence-corrected chi connectivity index (χ4v) is 2.31. The molecule has 2 aromatic carbocycles. The van der Waals surface area contributed by atoms with E-state index in [-0.39, 0.29) is 11.5 Å². The van der Waals surface area contributed by atoms with Gasteiger partial charge in [0.15, 0.2) is 0 Å². The van der Waals surface area contributed by atoms with Gasteiger partial charge in [-0.05, 0) is 61.2 Å². The van der Waals surface area contributed by atoms with Gasteiger partial charge in [-0.25, -0.2) is 0 Å². The molecular formula is C15H16O2. The number of hydrogen-bond donors (Lipinski definition) is 2. The van der Waals surface area contributed by atoms with Gasteiger partial charge in [-0.3, -0.25) is 0 Å². The van der Waals surface area contributed by atoms with E-state index in [0.29, 0.717) is 0 Å². The quantitative estimate of drug-likeness (QED) is 0.781. The highest BCUT2D eigenvalue weighted by atomic mass is 16.3. The van der Waals surface area contributed by atoms with E-state index in [4.69, 9.17) is 0 Å². The SMILES string of the molecule is Cc1cc(O)cc(C)c1-c1c(C)cccc1O. The van der Waals surface area contributed by atoms with Crippen molar-refractivity contribution in [2.75, 3.05) is 0 Å². The van der Waals surface area contributed by atoms with E-state index in [9.17, 15) is 10.2 Å². The lowest BCUT2D eigenvalue weighted by atomic mass is 9.92. The Hall–Kier alpha value is -1.96. The summed E-state index contributed by atoms with van der Waals surface area (Å²) in [5.74, 6) is 0.540. The summed E-state index contributed by atoms with van der Waals surface area (Å²) in [6.45, 7) is 5.85. The van der Waals surface area contributed by atoms with Gasteiger partial charge in [-0.1, -0.05) is 12.1 Å². The van der Waals surface area contributed by atoms with Crippen LogP contribution in [0.5, 0.6) is 11.5 Å². The van der Waals surface area contributed by atoms with Crippen LogP contribution in [0.4, 0.5) is 0 Å². The maximum atomic E-state index is 10.0. The summed E-state index contributed by atoms with van der Waals surface area (Å²) < 4.78 is 0. The number of hydrogen-bond acceptors (Lipinski definition) is 2. The van der Waals surface area contributed by atoms with Crippen LogP contribution in [0.2, 0.25) is 0 Å². The van der Waals surface area contributed by atoms with Crippen LogP contribution in [0.1, 0.15) is 16.7 Å². The van der Waals surface area contributed by atoms with Gasteiger partial charge in [0.25, 0.3) is 0 Å². The van der Waals surface area contributed by atoms with E-state index >= 15 is 0 Å². The summed E-state index contributed by atoms with van der Waals surface area (Å²) in [5.41, 5.74) is 4.81. The zero-order chi connectivity index (χ0) is 12.6. The molecule has 17 heavy (non-hydrogen) atoms. The molecule has 0 aliphatic heterocycles. The van der Waals surface area contributed by atoms with Gasteiger partial charge in [-0.15, -0.1) is 0 Å². The molecule has 0 heterocycles. The molecular weight excluding hydrogens is 212 g/mol. The van der Waals surface area contributed by atoms with Gasteiger partial charge >= 0.3 is 0 Å². The summed E-state index contributed by atoms with van der Waals surface area (Å²) in [6, 6.07) is 8.93. The Kier molecular flexibility index (Phi) is 2.80. The van der Waals surface area contributed by atoms with Crippen LogP contribution in [0.15, 0.2) is 30.3 Å². The summed E-state index contributed by atoms with van der Waals surface area (Å²) in [4.78, 5) is 0. The number of benzene rings is 2. The first-order chi connectivity index (χ1) is 8.00. The molecule has 0 aromatic heterocycles. The summed E-state index contributed by atoms with van der Waals surface area (Å²) >= 11 is 0. The molecule has 0 atom stereocenters. The molecule has 2 nitrogen and oxygen atoms in total. The number of rotatable bonds is 1. The molecule has 0 spiro atoms. The molecule has 2 heteroatoms. The molecule has 0 fully saturated rings. The largest absolute Gasteiger partial charge is 0.508 e. The van der Waals surface area contributed by atoms with E-state index in [1.54, 1.807) is 18.2 Å². The smallest absolute Gasteiger partial charge is 0.123 e. The first kappa shape index (κ1) is 11.5. The third kappa shape index (κ3) is 1.98. The standard InChI is InChI=1S/C15H16O2/c1-9-5-4-6-13(17)15(9)14-10(2)7-12(16)8-11(14)3/h4-8,16-17H,1-3H3. The van der Waals surface area contributed by atoms with Gasteiger partial charge in [0.1, 0.15) is 11.5 Å². The average Bonchev–Trinajstić information content (AvgIpc) is 2.21. The maximum absolute atomic E-state index is 10.0. The van der Waals surface area contributed by atoms with Gasteiger partial charge in [-0.2, -0.15) is 0 Å². The molecule has 2 N–H and O–H groups in total. The fraction of sp³-hybridized carbons (Fsp3) is 0.200. The molecule has 2 rings (SSSR count). The van der Waals surface area contributed by atoms with Crippen molar-refractivity contribution in [1.29, 1.82) is 0 Å². The number of aryl methyl sites for hydroxylation is 3. The predicted molar refractivity (Wildman–Crippen MR) is 69.4 cm³/mol. The first-order valence-electron chi connectivity index (χ1n) is 5.60. The van der Waals surface area contributed by atoms with Gasteiger partial charge in [0.05, 0.1) is 0 Å². The zero-order valence-electron chi connectivity index (χ0n) is 10.3. The van der Waals surface area contributed by atoms with Crippen LogP contribution in [0, 0.1) is 20.8 Å². The molecule has 0 bridgehead atoms. The highest BCUT2D eigenvalue weighted by Crippen LogP contribution is 2.37. The van der Waals surface area contributed by atoms with Gasteiger partial charge in [0.2, 0.25) is 0 Å². The molecule has 0 aliphatic carbocycles. The molecule has 2 aromatic rings. The van der Waals surface area contributed by atoms with Crippen molar-refractivity contribution in [3.8, 4) is 22.6 Å². The Morgan fingerprint density at radius 2 is 1.35 bits per heavy atom. The van der Waals surface area contributed by atoms with Crippen LogP contribution < -0.4 is 0 Å². The topological polar surface area (TPSA) is 40.5 Å². The van der Waals surface area contributed by atoms with Crippen molar-refractivity contribution in [2.24, 2.45) is 0 Å². The molecule has 0 amide bonds. The lowest BCUT2D eigenvalue weighted by Gasteiger charge is -2.14. The molecule has 0 radical (unpaired) electrons. The summed E-state index contributed by atoms with van der Waals surface area (Å²) in [7, 11) is 0. The van der Waals surface area contributed by atoms with Crippen molar-refractivity contribution >= 4 is 0 Å². The Balaban J connectivity index is 2.77. The Morgan fingerprint density at radius 3 is 1.88 bits per heavy atom. The van der Waals surface area contributed by atoms with Crippen LogP contribution in [0.3, 0.4) is 0 Å². The predicted octanol–water partition coefficient (Wildman–Crippen LogP) is 3.69.